The summed E-state index contributed by atoms with van der Waals surface area (Å²) in [5.41, 5.74) is 2.19. The zero-order valence-corrected chi connectivity index (χ0v) is 19.9. The fraction of sp³-hybridized carbons (Fsp3) is 0.375. The van der Waals surface area contributed by atoms with Gasteiger partial charge in [-0.1, -0.05) is 11.3 Å². The number of nitrogens with one attached hydrogen (secondary N) is 1. The zero-order chi connectivity index (χ0) is 23.7. The highest BCUT2D eigenvalue weighted by Gasteiger charge is 2.36. The Balaban J connectivity index is 1.29. The standard InChI is InChI=1S/C24H26N4O5S/c1-31-17-4-6-20(32-2)19(13-17)28-14-15(11-22(28)29)23(30)25-16-3-5-18-21(12-16)34-24(26-18)27-7-9-33-10-8-27/h3-6,12-13,15H,7-11,14H2,1-2H3,(H,25,30)/t15-/m1/s1. The lowest BCUT2D eigenvalue weighted by Crippen LogP contribution is -2.36. The van der Waals surface area contributed by atoms with Crippen LogP contribution in [0.2, 0.25) is 0 Å². The molecule has 0 aliphatic carbocycles. The van der Waals surface area contributed by atoms with Crippen molar-refractivity contribution in [3.63, 3.8) is 0 Å². The molecule has 3 aromatic rings. The van der Waals surface area contributed by atoms with E-state index in [0.29, 0.717) is 36.1 Å². The molecule has 178 valence electrons. The van der Waals surface area contributed by atoms with Crippen LogP contribution in [-0.2, 0) is 14.3 Å². The van der Waals surface area contributed by atoms with Crippen LogP contribution in [0, 0.1) is 5.92 Å². The largest absolute Gasteiger partial charge is 0.497 e. The Morgan fingerprint density at radius 3 is 2.74 bits per heavy atom. The van der Waals surface area contributed by atoms with Crippen molar-refractivity contribution in [2.24, 2.45) is 5.92 Å². The van der Waals surface area contributed by atoms with Crippen molar-refractivity contribution >= 4 is 49.9 Å². The van der Waals surface area contributed by atoms with Crippen molar-refractivity contribution in [2.75, 3.05) is 62.2 Å². The zero-order valence-electron chi connectivity index (χ0n) is 19.1. The first-order valence-electron chi connectivity index (χ1n) is 11.1. The van der Waals surface area contributed by atoms with Crippen molar-refractivity contribution in [1.82, 2.24) is 4.98 Å². The minimum absolute atomic E-state index is 0.125. The molecule has 2 aromatic carbocycles. The maximum absolute atomic E-state index is 13.0. The van der Waals surface area contributed by atoms with Crippen LogP contribution in [0.1, 0.15) is 6.42 Å². The molecule has 2 fully saturated rings. The highest BCUT2D eigenvalue weighted by Crippen LogP contribution is 2.36. The Kier molecular flexibility index (Phi) is 6.25. The van der Waals surface area contributed by atoms with Gasteiger partial charge in [-0.15, -0.1) is 0 Å². The average Bonchev–Trinajstić information content (AvgIpc) is 3.47. The van der Waals surface area contributed by atoms with E-state index >= 15 is 0 Å². The number of carbonyl (C=O) groups is 2. The van der Waals surface area contributed by atoms with Crippen LogP contribution in [0.4, 0.5) is 16.5 Å². The maximum Gasteiger partial charge on any atom is 0.229 e. The molecule has 1 N–H and O–H groups in total. The fourth-order valence-electron chi connectivity index (χ4n) is 4.25. The number of amides is 2. The van der Waals surface area contributed by atoms with Crippen molar-refractivity contribution in [1.29, 1.82) is 0 Å². The highest BCUT2D eigenvalue weighted by molar-refractivity contribution is 7.22. The Hall–Kier alpha value is -3.37. The number of benzene rings is 2. The molecule has 2 aliphatic heterocycles. The van der Waals surface area contributed by atoms with Crippen LogP contribution in [-0.4, -0.2) is 63.9 Å². The van der Waals surface area contributed by atoms with Crippen LogP contribution in [0.15, 0.2) is 36.4 Å². The number of methoxy groups -OCH3 is 2. The predicted octanol–water partition coefficient (Wildman–Crippen LogP) is 3.14. The van der Waals surface area contributed by atoms with E-state index in [0.717, 1.165) is 28.4 Å². The van der Waals surface area contributed by atoms with E-state index in [9.17, 15) is 9.59 Å². The second-order valence-corrected chi connectivity index (χ2v) is 9.22. The lowest BCUT2D eigenvalue weighted by Gasteiger charge is -2.25. The first-order chi connectivity index (χ1) is 16.6. The van der Waals surface area contributed by atoms with Gasteiger partial charge < -0.3 is 29.3 Å². The molecule has 0 bridgehead atoms. The summed E-state index contributed by atoms with van der Waals surface area (Å²) >= 11 is 1.60. The second kappa shape index (κ2) is 9.47. The predicted molar refractivity (Wildman–Crippen MR) is 131 cm³/mol. The fourth-order valence-corrected chi connectivity index (χ4v) is 5.30. The van der Waals surface area contributed by atoms with Crippen molar-refractivity contribution in [2.45, 2.75) is 6.42 Å². The number of hydrogen-bond donors (Lipinski definition) is 1. The molecular formula is C24H26N4O5S. The number of thiazole rings is 1. The van der Waals surface area contributed by atoms with E-state index in [-0.39, 0.29) is 24.8 Å². The lowest BCUT2D eigenvalue weighted by molar-refractivity contribution is -0.122. The number of aromatic nitrogens is 1. The minimum atomic E-state index is -0.468. The smallest absolute Gasteiger partial charge is 0.229 e. The first-order valence-corrected chi connectivity index (χ1v) is 11.9. The summed E-state index contributed by atoms with van der Waals surface area (Å²) in [4.78, 5) is 34.3. The summed E-state index contributed by atoms with van der Waals surface area (Å²) in [6, 6.07) is 11.0. The number of nitrogens with zero attached hydrogens (tertiary/aromatic N) is 3. The summed E-state index contributed by atoms with van der Waals surface area (Å²) in [5, 5.41) is 3.94. The second-order valence-electron chi connectivity index (χ2n) is 8.21. The number of rotatable bonds is 6. The number of anilines is 3. The van der Waals surface area contributed by atoms with E-state index in [1.54, 1.807) is 48.7 Å². The van der Waals surface area contributed by atoms with Gasteiger partial charge in [0.05, 0.1) is 49.3 Å². The Morgan fingerprint density at radius 2 is 1.97 bits per heavy atom. The van der Waals surface area contributed by atoms with Gasteiger partial charge in [0.25, 0.3) is 0 Å². The molecule has 0 radical (unpaired) electrons. The van der Waals surface area contributed by atoms with Gasteiger partial charge in [0.15, 0.2) is 5.13 Å². The number of ether oxygens (including phenoxy) is 3. The summed E-state index contributed by atoms with van der Waals surface area (Å²) in [6.07, 6.45) is 0.135. The Bertz CT molecular complexity index is 1220. The van der Waals surface area contributed by atoms with E-state index in [1.165, 1.54) is 0 Å². The molecule has 1 atom stereocenters. The third-order valence-corrected chi connectivity index (χ3v) is 7.18. The molecule has 3 heterocycles. The van der Waals surface area contributed by atoms with Crippen molar-refractivity contribution < 1.29 is 23.8 Å². The van der Waals surface area contributed by atoms with Gasteiger partial charge >= 0.3 is 0 Å². The summed E-state index contributed by atoms with van der Waals surface area (Å²) in [6.45, 7) is 3.34. The average molecular weight is 483 g/mol. The molecule has 2 saturated heterocycles. The van der Waals surface area contributed by atoms with Crippen LogP contribution < -0.4 is 24.6 Å². The van der Waals surface area contributed by atoms with Gasteiger partial charge in [-0.3, -0.25) is 9.59 Å². The van der Waals surface area contributed by atoms with E-state index < -0.39 is 5.92 Å². The van der Waals surface area contributed by atoms with E-state index in [1.807, 2.05) is 18.2 Å². The van der Waals surface area contributed by atoms with Gasteiger partial charge in [0.1, 0.15) is 11.5 Å². The normalized spacial score (nSPS) is 18.4. The summed E-state index contributed by atoms with van der Waals surface area (Å²) in [5.74, 6) is 0.395. The van der Waals surface area contributed by atoms with Gasteiger partial charge in [-0.2, -0.15) is 0 Å². The van der Waals surface area contributed by atoms with Crippen molar-refractivity contribution in [3.05, 3.63) is 36.4 Å². The molecular weight excluding hydrogens is 456 g/mol. The van der Waals surface area contributed by atoms with E-state index in [4.69, 9.17) is 19.2 Å². The van der Waals surface area contributed by atoms with Gasteiger partial charge in [0.2, 0.25) is 11.8 Å². The number of hydrogen-bond acceptors (Lipinski definition) is 8. The molecule has 1 aromatic heterocycles. The quantitative estimate of drug-likeness (QED) is 0.577. The molecule has 2 aliphatic rings. The third kappa shape index (κ3) is 4.38. The van der Waals surface area contributed by atoms with Crippen LogP contribution in [0.5, 0.6) is 11.5 Å². The molecule has 0 saturated carbocycles. The third-order valence-electron chi connectivity index (χ3n) is 6.10. The topological polar surface area (TPSA) is 93.2 Å². The molecule has 2 amide bonds. The SMILES string of the molecule is COc1ccc(OC)c(N2C[C@H](C(=O)Nc3ccc4nc(N5CCOCC5)sc4c3)CC2=O)c1. The molecule has 9 nitrogen and oxygen atoms in total. The Morgan fingerprint density at radius 1 is 1.15 bits per heavy atom. The van der Waals surface area contributed by atoms with Gasteiger partial charge in [0, 0.05) is 37.8 Å². The molecule has 5 rings (SSSR count). The molecule has 0 unspecified atom stereocenters. The van der Waals surface area contributed by atoms with Gasteiger partial charge in [-0.25, -0.2) is 4.98 Å². The molecule has 10 heteroatoms. The lowest BCUT2D eigenvalue weighted by atomic mass is 10.1. The maximum atomic E-state index is 13.0. The van der Waals surface area contributed by atoms with Crippen LogP contribution in [0.25, 0.3) is 10.2 Å². The molecule has 34 heavy (non-hydrogen) atoms. The number of fused-ring (bicyclic) bond motifs is 1. The molecule has 0 spiro atoms. The first kappa shape index (κ1) is 22.4. The van der Waals surface area contributed by atoms with Crippen LogP contribution >= 0.6 is 11.3 Å². The summed E-state index contributed by atoms with van der Waals surface area (Å²) < 4.78 is 17.1. The van der Waals surface area contributed by atoms with Crippen molar-refractivity contribution in [3.8, 4) is 11.5 Å². The van der Waals surface area contributed by atoms with Gasteiger partial charge in [-0.05, 0) is 30.3 Å². The Labute approximate surface area is 201 Å². The van der Waals surface area contributed by atoms with E-state index in [2.05, 4.69) is 10.2 Å². The number of carbonyl (C=O) groups excluding carboxylic acids is 2. The van der Waals surface area contributed by atoms with Crippen LogP contribution in [0.3, 0.4) is 0 Å². The highest BCUT2D eigenvalue weighted by atomic mass is 32.1. The summed E-state index contributed by atoms with van der Waals surface area (Å²) in [7, 11) is 3.12. The minimum Gasteiger partial charge on any atom is -0.497 e. The number of morpholine rings is 1. The monoisotopic (exact) mass is 482 g/mol.